The average molecular weight is 292 g/mol. The molecule has 0 aliphatic rings. The number of esters is 1. The number of ether oxygens (including phenoxy) is 1. The quantitative estimate of drug-likeness (QED) is 0.786. The summed E-state index contributed by atoms with van der Waals surface area (Å²) < 4.78 is 19.6. The van der Waals surface area contributed by atoms with E-state index in [9.17, 15) is 18.8 Å². The molecule has 0 aliphatic carbocycles. The maximum atomic E-state index is 12.9. The minimum Gasteiger partial charge on any atom is -0.462 e. The van der Waals surface area contributed by atoms with Gasteiger partial charge in [0.2, 0.25) is 0 Å². The lowest BCUT2D eigenvalue weighted by Gasteiger charge is -2.09. The number of hydrogen-bond acceptors (Lipinski definition) is 4. The van der Waals surface area contributed by atoms with Gasteiger partial charge < -0.3 is 9.30 Å². The predicted molar refractivity (Wildman–Crippen MR) is 73.2 cm³/mol. The van der Waals surface area contributed by atoms with E-state index in [-0.39, 0.29) is 17.9 Å². The number of aryl methyl sites for hydroxylation is 1. The van der Waals surface area contributed by atoms with Crippen LogP contribution in [0.2, 0.25) is 0 Å². The number of nitrogens with zero attached hydrogens (tertiary/aromatic N) is 2. The Morgan fingerprint density at radius 2 is 1.86 bits per heavy atom. The van der Waals surface area contributed by atoms with Gasteiger partial charge in [-0.3, -0.25) is 4.79 Å². The predicted octanol–water partition coefficient (Wildman–Crippen LogP) is 0.852. The Bertz CT molecular complexity index is 790. The van der Waals surface area contributed by atoms with Crippen molar-refractivity contribution in [1.82, 2.24) is 9.13 Å². The van der Waals surface area contributed by atoms with Crippen LogP contribution in [0, 0.1) is 5.82 Å². The smallest absolute Gasteiger partial charge is 0.345 e. The molecule has 6 nitrogen and oxygen atoms in total. The summed E-state index contributed by atoms with van der Waals surface area (Å²) >= 11 is 0. The second-order valence-corrected chi connectivity index (χ2v) is 4.27. The average Bonchev–Trinajstić information content (AvgIpc) is 2.45. The summed E-state index contributed by atoms with van der Waals surface area (Å²) in [4.78, 5) is 36.1. The van der Waals surface area contributed by atoms with E-state index in [2.05, 4.69) is 0 Å². The highest BCUT2D eigenvalue weighted by Crippen LogP contribution is 2.05. The van der Waals surface area contributed by atoms with Crippen LogP contribution in [0.4, 0.5) is 4.39 Å². The summed E-state index contributed by atoms with van der Waals surface area (Å²) in [6, 6.07) is 4.82. The zero-order valence-corrected chi connectivity index (χ0v) is 11.5. The number of benzene rings is 1. The fourth-order valence-corrected chi connectivity index (χ4v) is 1.84. The zero-order chi connectivity index (χ0) is 15.6. The first-order valence-corrected chi connectivity index (χ1v) is 6.21. The minimum atomic E-state index is -0.811. The molecule has 0 amide bonds. The molecule has 0 saturated carbocycles. The van der Waals surface area contributed by atoms with E-state index in [1.165, 1.54) is 19.2 Å². The summed E-state index contributed by atoms with van der Waals surface area (Å²) in [6.45, 7) is 1.72. The highest BCUT2D eigenvalue weighted by atomic mass is 19.1. The van der Waals surface area contributed by atoms with Crippen LogP contribution in [-0.2, 0) is 11.8 Å². The van der Waals surface area contributed by atoms with Gasteiger partial charge in [-0.1, -0.05) is 0 Å². The van der Waals surface area contributed by atoms with Crippen LogP contribution in [0.25, 0.3) is 5.69 Å². The Morgan fingerprint density at radius 1 is 1.24 bits per heavy atom. The first-order chi connectivity index (χ1) is 9.95. The topological polar surface area (TPSA) is 70.3 Å². The molecule has 110 valence electrons. The van der Waals surface area contributed by atoms with Gasteiger partial charge in [0.05, 0.1) is 12.3 Å². The van der Waals surface area contributed by atoms with Crippen LogP contribution < -0.4 is 11.2 Å². The SMILES string of the molecule is CCOC(=O)c1cn(C)c(=O)n(-c2ccc(F)cc2)c1=O. The third-order valence-corrected chi connectivity index (χ3v) is 2.83. The van der Waals surface area contributed by atoms with Crippen molar-refractivity contribution >= 4 is 5.97 Å². The Balaban J connectivity index is 2.71. The van der Waals surface area contributed by atoms with Gasteiger partial charge in [-0.15, -0.1) is 0 Å². The van der Waals surface area contributed by atoms with Crippen LogP contribution in [0.15, 0.2) is 40.1 Å². The number of hydrogen-bond donors (Lipinski definition) is 0. The number of carbonyl (C=O) groups is 1. The van der Waals surface area contributed by atoms with Crippen LogP contribution >= 0.6 is 0 Å². The van der Waals surface area contributed by atoms with Crippen molar-refractivity contribution in [3.63, 3.8) is 0 Å². The molecule has 2 aromatic rings. The van der Waals surface area contributed by atoms with Crippen molar-refractivity contribution in [3.8, 4) is 5.69 Å². The zero-order valence-electron chi connectivity index (χ0n) is 11.5. The molecule has 0 N–H and O–H groups in total. The maximum absolute atomic E-state index is 12.9. The summed E-state index contributed by atoms with van der Waals surface area (Å²) in [5.41, 5.74) is -1.53. The summed E-state index contributed by atoms with van der Waals surface area (Å²) in [5.74, 6) is -1.31. The van der Waals surface area contributed by atoms with E-state index < -0.39 is 23.0 Å². The maximum Gasteiger partial charge on any atom is 0.345 e. The number of halogens is 1. The van der Waals surface area contributed by atoms with Gasteiger partial charge in [0.25, 0.3) is 5.56 Å². The van der Waals surface area contributed by atoms with E-state index in [0.29, 0.717) is 0 Å². The van der Waals surface area contributed by atoms with Gasteiger partial charge in [0.1, 0.15) is 11.4 Å². The summed E-state index contributed by atoms with van der Waals surface area (Å²) in [7, 11) is 1.41. The van der Waals surface area contributed by atoms with Crippen LogP contribution in [0.5, 0.6) is 0 Å². The molecule has 0 unspecified atom stereocenters. The second kappa shape index (κ2) is 5.74. The molecule has 0 bridgehead atoms. The monoisotopic (exact) mass is 292 g/mol. The van der Waals surface area contributed by atoms with E-state index in [4.69, 9.17) is 4.74 Å². The summed E-state index contributed by atoms with van der Waals surface area (Å²) in [6.07, 6.45) is 1.13. The van der Waals surface area contributed by atoms with Crippen molar-refractivity contribution in [2.24, 2.45) is 7.05 Å². The van der Waals surface area contributed by atoms with Crippen molar-refractivity contribution in [2.45, 2.75) is 6.92 Å². The van der Waals surface area contributed by atoms with Gasteiger partial charge >= 0.3 is 11.7 Å². The first-order valence-electron chi connectivity index (χ1n) is 6.21. The molecule has 2 rings (SSSR count). The van der Waals surface area contributed by atoms with Crippen molar-refractivity contribution in [2.75, 3.05) is 6.61 Å². The lowest BCUT2D eigenvalue weighted by atomic mass is 10.3. The molecular weight excluding hydrogens is 279 g/mol. The van der Waals surface area contributed by atoms with Gasteiger partial charge in [-0.25, -0.2) is 18.5 Å². The molecule has 0 atom stereocenters. The van der Waals surface area contributed by atoms with Crippen molar-refractivity contribution in [3.05, 3.63) is 62.7 Å². The Kier molecular flexibility index (Phi) is 4.02. The molecule has 0 spiro atoms. The highest BCUT2D eigenvalue weighted by molar-refractivity contribution is 5.88. The van der Waals surface area contributed by atoms with E-state index >= 15 is 0 Å². The summed E-state index contributed by atoms with van der Waals surface area (Å²) in [5, 5.41) is 0. The third-order valence-electron chi connectivity index (χ3n) is 2.83. The fourth-order valence-electron chi connectivity index (χ4n) is 1.84. The molecule has 1 aromatic heterocycles. The molecule has 1 heterocycles. The molecule has 0 aliphatic heterocycles. The van der Waals surface area contributed by atoms with Gasteiger partial charge in [0, 0.05) is 13.2 Å². The molecule has 0 saturated heterocycles. The van der Waals surface area contributed by atoms with E-state index in [0.717, 1.165) is 27.5 Å². The van der Waals surface area contributed by atoms with Crippen molar-refractivity contribution < 1.29 is 13.9 Å². The Labute approximate surface area is 119 Å². The van der Waals surface area contributed by atoms with Gasteiger partial charge in [-0.2, -0.15) is 0 Å². The standard InChI is InChI=1S/C14H13FN2O4/c1-3-21-13(19)11-8-16(2)14(20)17(12(11)18)10-6-4-9(15)5-7-10/h4-8H,3H2,1-2H3. The Morgan fingerprint density at radius 3 is 2.43 bits per heavy atom. The largest absolute Gasteiger partial charge is 0.462 e. The lowest BCUT2D eigenvalue weighted by Crippen LogP contribution is -2.40. The van der Waals surface area contributed by atoms with Crippen molar-refractivity contribution in [1.29, 1.82) is 0 Å². The van der Waals surface area contributed by atoms with E-state index in [1.807, 2.05) is 0 Å². The number of carbonyl (C=O) groups excluding carboxylic acids is 1. The van der Waals surface area contributed by atoms with Crippen LogP contribution in [0.1, 0.15) is 17.3 Å². The van der Waals surface area contributed by atoms with Gasteiger partial charge in [0.15, 0.2) is 0 Å². The molecule has 0 fully saturated rings. The number of rotatable bonds is 3. The van der Waals surface area contributed by atoms with Crippen LogP contribution in [-0.4, -0.2) is 21.7 Å². The minimum absolute atomic E-state index is 0.109. The normalized spacial score (nSPS) is 10.4. The highest BCUT2D eigenvalue weighted by Gasteiger charge is 2.18. The molecular formula is C14H13FN2O4. The molecule has 0 radical (unpaired) electrons. The number of aromatic nitrogens is 2. The third kappa shape index (κ3) is 2.76. The Hall–Kier alpha value is -2.70. The van der Waals surface area contributed by atoms with Crippen LogP contribution in [0.3, 0.4) is 0 Å². The van der Waals surface area contributed by atoms with Gasteiger partial charge in [-0.05, 0) is 31.2 Å². The second-order valence-electron chi connectivity index (χ2n) is 4.27. The molecule has 21 heavy (non-hydrogen) atoms. The van der Waals surface area contributed by atoms with E-state index in [1.54, 1.807) is 6.92 Å². The fraction of sp³-hybridized carbons (Fsp3) is 0.214. The molecule has 7 heteroatoms. The lowest BCUT2D eigenvalue weighted by molar-refractivity contribution is 0.0522. The first kappa shape index (κ1) is 14.7. The molecule has 1 aromatic carbocycles.